The smallest absolute Gasteiger partial charge is 0.165 e. The molecule has 0 saturated heterocycles. The first-order valence-corrected chi connectivity index (χ1v) is 6.10. The van der Waals surface area contributed by atoms with Gasteiger partial charge in [0.05, 0.1) is 0 Å². The van der Waals surface area contributed by atoms with E-state index in [2.05, 4.69) is 17.2 Å². The summed E-state index contributed by atoms with van der Waals surface area (Å²) in [5.74, 6) is 0.133. The summed E-state index contributed by atoms with van der Waals surface area (Å²) in [6.45, 7) is 3.07. The SMILES string of the molecule is CCC1(CNc2ncccc2F)CCCC1. The highest BCUT2D eigenvalue weighted by Gasteiger charge is 2.31. The largest absolute Gasteiger partial charge is 0.367 e. The van der Waals surface area contributed by atoms with E-state index in [-0.39, 0.29) is 5.82 Å². The number of anilines is 1. The molecule has 0 amide bonds. The van der Waals surface area contributed by atoms with E-state index in [1.54, 1.807) is 12.3 Å². The van der Waals surface area contributed by atoms with Crippen LogP contribution >= 0.6 is 0 Å². The Hall–Kier alpha value is -1.12. The minimum Gasteiger partial charge on any atom is -0.367 e. The molecular formula is C13H19FN2. The van der Waals surface area contributed by atoms with Crippen molar-refractivity contribution < 1.29 is 4.39 Å². The van der Waals surface area contributed by atoms with E-state index in [0.717, 1.165) is 13.0 Å². The molecule has 1 aliphatic rings. The van der Waals surface area contributed by atoms with Crippen molar-refractivity contribution >= 4 is 5.82 Å². The highest BCUT2D eigenvalue weighted by atomic mass is 19.1. The van der Waals surface area contributed by atoms with Gasteiger partial charge in [0, 0.05) is 12.7 Å². The molecule has 2 rings (SSSR count). The predicted octanol–water partition coefficient (Wildman–Crippen LogP) is 3.60. The average molecular weight is 222 g/mol. The lowest BCUT2D eigenvalue weighted by molar-refractivity contribution is 0.306. The van der Waals surface area contributed by atoms with E-state index >= 15 is 0 Å². The van der Waals surface area contributed by atoms with Gasteiger partial charge in [-0.2, -0.15) is 0 Å². The molecule has 1 heterocycles. The van der Waals surface area contributed by atoms with E-state index < -0.39 is 0 Å². The number of nitrogens with one attached hydrogen (secondary N) is 1. The summed E-state index contributed by atoms with van der Waals surface area (Å²) in [7, 11) is 0. The van der Waals surface area contributed by atoms with Gasteiger partial charge in [0.1, 0.15) is 0 Å². The van der Waals surface area contributed by atoms with Crippen molar-refractivity contribution in [1.82, 2.24) is 4.98 Å². The van der Waals surface area contributed by atoms with Gasteiger partial charge in [0.25, 0.3) is 0 Å². The molecular weight excluding hydrogens is 203 g/mol. The molecule has 0 aliphatic heterocycles. The third-order valence-electron chi connectivity index (χ3n) is 3.80. The fraction of sp³-hybridized carbons (Fsp3) is 0.615. The molecule has 0 spiro atoms. The normalized spacial score (nSPS) is 18.6. The van der Waals surface area contributed by atoms with Gasteiger partial charge >= 0.3 is 0 Å². The number of pyridine rings is 1. The number of halogens is 1. The molecule has 0 aromatic carbocycles. The standard InChI is InChI=1S/C13H19FN2/c1-2-13(7-3-4-8-13)10-16-12-11(14)6-5-9-15-12/h5-6,9H,2-4,7-8,10H2,1H3,(H,15,16). The number of hydrogen-bond acceptors (Lipinski definition) is 2. The zero-order valence-electron chi connectivity index (χ0n) is 9.80. The first-order valence-electron chi connectivity index (χ1n) is 6.10. The summed E-state index contributed by atoms with van der Waals surface area (Å²) in [6.07, 6.45) is 7.91. The first-order chi connectivity index (χ1) is 7.76. The molecule has 88 valence electrons. The zero-order valence-corrected chi connectivity index (χ0v) is 9.80. The monoisotopic (exact) mass is 222 g/mol. The molecule has 1 aromatic rings. The molecule has 0 unspecified atom stereocenters. The van der Waals surface area contributed by atoms with Crippen LogP contribution in [0.3, 0.4) is 0 Å². The van der Waals surface area contributed by atoms with Gasteiger partial charge in [-0.3, -0.25) is 0 Å². The fourth-order valence-corrected chi connectivity index (χ4v) is 2.57. The minimum atomic E-state index is -0.258. The first kappa shape index (κ1) is 11.4. The van der Waals surface area contributed by atoms with Gasteiger partial charge in [-0.1, -0.05) is 19.8 Å². The van der Waals surface area contributed by atoms with Gasteiger partial charge in [0.15, 0.2) is 11.6 Å². The lowest BCUT2D eigenvalue weighted by atomic mass is 9.83. The van der Waals surface area contributed by atoms with Crippen molar-refractivity contribution in [2.24, 2.45) is 5.41 Å². The van der Waals surface area contributed by atoms with E-state index in [0.29, 0.717) is 11.2 Å². The highest BCUT2D eigenvalue weighted by molar-refractivity contribution is 5.35. The van der Waals surface area contributed by atoms with Crippen molar-refractivity contribution in [3.63, 3.8) is 0 Å². The summed E-state index contributed by atoms with van der Waals surface area (Å²) >= 11 is 0. The second-order valence-corrected chi connectivity index (χ2v) is 4.75. The van der Waals surface area contributed by atoms with Crippen LogP contribution < -0.4 is 5.32 Å². The molecule has 1 aromatic heterocycles. The summed E-state index contributed by atoms with van der Waals surface area (Å²) in [4.78, 5) is 4.02. The number of hydrogen-bond donors (Lipinski definition) is 1. The number of rotatable bonds is 4. The highest BCUT2D eigenvalue weighted by Crippen LogP contribution is 2.40. The van der Waals surface area contributed by atoms with Crippen LogP contribution in [0.2, 0.25) is 0 Å². The summed E-state index contributed by atoms with van der Waals surface area (Å²) in [5.41, 5.74) is 0.365. The van der Waals surface area contributed by atoms with Crippen LogP contribution in [-0.2, 0) is 0 Å². The van der Waals surface area contributed by atoms with E-state index in [1.165, 1.54) is 31.7 Å². The second-order valence-electron chi connectivity index (χ2n) is 4.75. The molecule has 1 saturated carbocycles. The lowest BCUT2D eigenvalue weighted by Crippen LogP contribution is -2.26. The Morgan fingerprint density at radius 2 is 2.19 bits per heavy atom. The summed E-state index contributed by atoms with van der Waals surface area (Å²) < 4.78 is 13.4. The van der Waals surface area contributed by atoms with Crippen LogP contribution in [0.25, 0.3) is 0 Å². The fourth-order valence-electron chi connectivity index (χ4n) is 2.57. The Bertz CT molecular complexity index is 346. The number of nitrogens with zero attached hydrogens (tertiary/aromatic N) is 1. The quantitative estimate of drug-likeness (QED) is 0.841. The molecule has 1 fully saturated rings. The van der Waals surface area contributed by atoms with Crippen molar-refractivity contribution in [2.45, 2.75) is 39.0 Å². The van der Waals surface area contributed by atoms with Gasteiger partial charge < -0.3 is 5.32 Å². The molecule has 16 heavy (non-hydrogen) atoms. The Labute approximate surface area is 96.3 Å². The molecule has 0 radical (unpaired) electrons. The maximum atomic E-state index is 13.4. The van der Waals surface area contributed by atoms with Crippen molar-refractivity contribution in [3.05, 3.63) is 24.1 Å². The van der Waals surface area contributed by atoms with Crippen molar-refractivity contribution in [2.75, 3.05) is 11.9 Å². The minimum absolute atomic E-state index is 0.258. The topological polar surface area (TPSA) is 24.9 Å². The summed E-state index contributed by atoms with van der Waals surface area (Å²) in [6, 6.07) is 3.06. The molecule has 0 atom stereocenters. The van der Waals surface area contributed by atoms with E-state index in [1.807, 2.05) is 0 Å². The zero-order chi connectivity index (χ0) is 11.4. The third kappa shape index (κ3) is 2.34. The van der Waals surface area contributed by atoms with E-state index in [4.69, 9.17) is 0 Å². The van der Waals surface area contributed by atoms with Gasteiger partial charge in [-0.25, -0.2) is 9.37 Å². The van der Waals surface area contributed by atoms with Crippen molar-refractivity contribution in [3.8, 4) is 0 Å². The molecule has 0 bridgehead atoms. The van der Waals surface area contributed by atoms with Crippen molar-refractivity contribution in [1.29, 1.82) is 0 Å². The Kier molecular flexibility index (Phi) is 3.42. The van der Waals surface area contributed by atoms with Crippen LogP contribution in [0.15, 0.2) is 18.3 Å². The molecule has 1 aliphatic carbocycles. The molecule has 1 N–H and O–H groups in total. The van der Waals surface area contributed by atoms with Gasteiger partial charge in [0.2, 0.25) is 0 Å². The third-order valence-corrected chi connectivity index (χ3v) is 3.80. The van der Waals surface area contributed by atoms with Gasteiger partial charge in [-0.15, -0.1) is 0 Å². The second kappa shape index (κ2) is 4.81. The maximum Gasteiger partial charge on any atom is 0.165 e. The number of aromatic nitrogens is 1. The average Bonchev–Trinajstić information content (AvgIpc) is 2.78. The maximum absolute atomic E-state index is 13.4. The van der Waals surface area contributed by atoms with Crippen LogP contribution in [-0.4, -0.2) is 11.5 Å². The van der Waals surface area contributed by atoms with Crippen LogP contribution in [0, 0.1) is 11.2 Å². The lowest BCUT2D eigenvalue weighted by Gasteiger charge is -2.27. The van der Waals surface area contributed by atoms with Crippen LogP contribution in [0.4, 0.5) is 10.2 Å². The van der Waals surface area contributed by atoms with Crippen LogP contribution in [0.1, 0.15) is 39.0 Å². The Balaban J connectivity index is 1.98. The van der Waals surface area contributed by atoms with E-state index in [9.17, 15) is 4.39 Å². The summed E-state index contributed by atoms with van der Waals surface area (Å²) in [5, 5.41) is 3.16. The molecule has 3 heteroatoms. The predicted molar refractivity (Wildman–Crippen MR) is 63.9 cm³/mol. The molecule has 2 nitrogen and oxygen atoms in total. The van der Waals surface area contributed by atoms with Crippen LogP contribution in [0.5, 0.6) is 0 Å². The Morgan fingerprint density at radius 1 is 1.44 bits per heavy atom. The van der Waals surface area contributed by atoms with Gasteiger partial charge in [-0.05, 0) is 36.8 Å². The Morgan fingerprint density at radius 3 is 2.81 bits per heavy atom.